The third-order valence-corrected chi connectivity index (χ3v) is 14.2. The topological polar surface area (TPSA) is 0 Å². The van der Waals surface area contributed by atoms with E-state index in [0.717, 1.165) is 0 Å². The highest BCUT2D eigenvalue weighted by molar-refractivity contribution is 8.01. The molecule has 0 nitrogen and oxygen atoms in total. The molecule has 1 aliphatic heterocycles. The highest BCUT2D eigenvalue weighted by atomic mass is 35.7. The first-order valence-corrected chi connectivity index (χ1v) is 13.6. The SMILES string of the molecule is C[Si](C)(C)C1=C([Si](C)(C)C)P1Cl. The van der Waals surface area contributed by atoms with Crippen LogP contribution in [0.4, 0.5) is 0 Å². The summed E-state index contributed by atoms with van der Waals surface area (Å²) in [7, 11) is -2.34. The monoisotopic (exact) mass is 236 g/mol. The normalized spacial score (nSPS) is 20.2. The Morgan fingerprint density at radius 1 is 0.833 bits per heavy atom. The first kappa shape index (κ1) is 11.0. The minimum Gasteiger partial charge on any atom is -0.0874 e. The van der Waals surface area contributed by atoms with Crippen molar-refractivity contribution < 1.29 is 0 Å². The molecule has 0 unspecified atom stereocenters. The Labute approximate surface area is 84.0 Å². The zero-order valence-corrected chi connectivity index (χ0v) is 12.5. The standard InChI is InChI=1S/C8H18ClPSi2/c1-11(2,3)7-8(10(7)9)12(4,5)6/h1-6H3. The Hall–Kier alpha value is 0.894. The van der Waals surface area contributed by atoms with E-state index in [1.54, 1.807) is 9.87 Å². The van der Waals surface area contributed by atoms with Gasteiger partial charge in [-0.25, -0.2) is 0 Å². The van der Waals surface area contributed by atoms with Gasteiger partial charge in [-0.3, -0.25) is 0 Å². The van der Waals surface area contributed by atoms with E-state index >= 15 is 0 Å². The number of rotatable bonds is 2. The minimum atomic E-state index is -1.05. The number of hydrogen-bond acceptors (Lipinski definition) is 0. The second-order valence-electron chi connectivity index (χ2n) is 5.48. The van der Waals surface area contributed by atoms with Crippen LogP contribution in [0.15, 0.2) is 9.87 Å². The van der Waals surface area contributed by atoms with Crippen LogP contribution in [-0.4, -0.2) is 16.1 Å². The molecule has 12 heavy (non-hydrogen) atoms. The molecule has 0 bridgehead atoms. The molecule has 0 N–H and O–H groups in total. The molecule has 0 saturated heterocycles. The van der Waals surface area contributed by atoms with E-state index < -0.39 is 16.1 Å². The third kappa shape index (κ3) is 2.03. The molecule has 1 rings (SSSR count). The average molecular weight is 237 g/mol. The fraction of sp³-hybridized carbons (Fsp3) is 0.750. The molecule has 1 heterocycles. The molecular formula is C8H18ClPSi2. The average Bonchev–Trinajstić information content (AvgIpc) is 2.35. The number of hydrogen-bond donors (Lipinski definition) is 0. The molecule has 0 aromatic heterocycles. The van der Waals surface area contributed by atoms with Gasteiger partial charge >= 0.3 is 0 Å². The van der Waals surface area contributed by atoms with E-state index in [9.17, 15) is 0 Å². The Balaban J connectivity index is 2.90. The summed E-state index contributed by atoms with van der Waals surface area (Å²) in [5.41, 5.74) is 0. The van der Waals surface area contributed by atoms with Gasteiger partial charge in [-0.05, 0) is 9.87 Å². The van der Waals surface area contributed by atoms with Crippen molar-refractivity contribution in [2.45, 2.75) is 39.3 Å². The summed E-state index contributed by atoms with van der Waals surface area (Å²) in [6.45, 7) is 14.5. The first-order valence-electron chi connectivity index (χ1n) is 4.37. The Morgan fingerprint density at radius 2 is 1.08 bits per heavy atom. The molecule has 70 valence electrons. The van der Waals surface area contributed by atoms with Gasteiger partial charge in [0.25, 0.3) is 0 Å². The van der Waals surface area contributed by atoms with E-state index in [2.05, 4.69) is 39.3 Å². The molecular weight excluding hydrogens is 219 g/mol. The minimum absolute atomic E-state index is 0.244. The van der Waals surface area contributed by atoms with Crippen LogP contribution in [0.1, 0.15) is 0 Å². The second kappa shape index (κ2) is 2.94. The molecule has 0 aromatic carbocycles. The highest BCUT2D eigenvalue weighted by Gasteiger charge is 2.48. The lowest BCUT2D eigenvalue weighted by Crippen LogP contribution is -2.21. The molecule has 0 radical (unpaired) electrons. The van der Waals surface area contributed by atoms with Crippen molar-refractivity contribution in [1.82, 2.24) is 0 Å². The van der Waals surface area contributed by atoms with Crippen LogP contribution in [0, 0.1) is 0 Å². The van der Waals surface area contributed by atoms with Crippen molar-refractivity contribution in [3.05, 3.63) is 9.87 Å². The van der Waals surface area contributed by atoms with E-state index in [0.29, 0.717) is 0 Å². The molecule has 0 aromatic rings. The summed E-state index contributed by atoms with van der Waals surface area (Å²) < 4.78 is 0. The summed E-state index contributed by atoms with van der Waals surface area (Å²) in [6, 6.07) is 0. The smallest absolute Gasteiger partial charge is 0.0800 e. The fourth-order valence-corrected chi connectivity index (χ4v) is 19.2. The van der Waals surface area contributed by atoms with Crippen LogP contribution >= 0.6 is 18.5 Å². The number of halogens is 1. The summed E-state index contributed by atoms with van der Waals surface area (Å²) in [4.78, 5) is 3.44. The maximum absolute atomic E-state index is 6.35. The molecule has 0 spiro atoms. The molecule has 0 saturated carbocycles. The van der Waals surface area contributed by atoms with Crippen molar-refractivity contribution >= 4 is 34.7 Å². The van der Waals surface area contributed by atoms with E-state index in [4.69, 9.17) is 11.2 Å². The molecule has 1 aliphatic rings. The van der Waals surface area contributed by atoms with Gasteiger partial charge in [0.1, 0.15) is 0 Å². The Bertz CT molecular complexity index is 210. The molecule has 0 fully saturated rings. The lowest BCUT2D eigenvalue weighted by molar-refractivity contribution is 1.73. The van der Waals surface area contributed by atoms with Crippen molar-refractivity contribution in [2.24, 2.45) is 0 Å². The van der Waals surface area contributed by atoms with Crippen molar-refractivity contribution in [3.63, 3.8) is 0 Å². The lowest BCUT2D eigenvalue weighted by atomic mass is 11.2. The zero-order chi connectivity index (χ0) is 9.73. The Kier molecular flexibility index (Phi) is 2.69. The van der Waals surface area contributed by atoms with E-state index in [1.165, 1.54) is 0 Å². The van der Waals surface area contributed by atoms with Gasteiger partial charge in [0.05, 0.1) is 16.1 Å². The summed E-state index contributed by atoms with van der Waals surface area (Å²) in [5, 5.41) is 0. The van der Waals surface area contributed by atoms with Gasteiger partial charge in [-0.2, -0.15) is 0 Å². The second-order valence-corrected chi connectivity index (χ2v) is 18.8. The van der Waals surface area contributed by atoms with Crippen LogP contribution in [-0.2, 0) is 0 Å². The Morgan fingerprint density at radius 3 is 1.17 bits per heavy atom. The predicted octanol–water partition coefficient (Wildman–Crippen LogP) is 4.60. The lowest BCUT2D eigenvalue weighted by Gasteiger charge is -2.11. The maximum atomic E-state index is 6.35. The van der Waals surface area contributed by atoms with E-state index in [1.807, 2.05) is 0 Å². The van der Waals surface area contributed by atoms with Crippen LogP contribution < -0.4 is 0 Å². The maximum Gasteiger partial charge on any atom is 0.0800 e. The zero-order valence-electron chi connectivity index (χ0n) is 8.83. The largest absolute Gasteiger partial charge is 0.0874 e. The van der Waals surface area contributed by atoms with Gasteiger partial charge < -0.3 is 0 Å². The molecule has 0 aliphatic carbocycles. The van der Waals surface area contributed by atoms with Gasteiger partial charge in [0.2, 0.25) is 0 Å². The summed E-state index contributed by atoms with van der Waals surface area (Å²) >= 11 is 6.35. The van der Waals surface area contributed by atoms with E-state index in [-0.39, 0.29) is 7.27 Å². The van der Waals surface area contributed by atoms with Crippen LogP contribution in [0.3, 0.4) is 0 Å². The van der Waals surface area contributed by atoms with Crippen molar-refractivity contribution in [1.29, 1.82) is 0 Å². The van der Waals surface area contributed by atoms with Crippen LogP contribution in [0.5, 0.6) is 0 Å². The molecule has 0 amide bonds. The van der Waals surface area contributed by atoms with Crippen LogP contribution in [0.25, 0.3) is 0 Å². The third-order valence-electron chi connectivity index (χ3n) is 1.99. The highest BCUT2D eigenvalue weighted by Crippen LogP contribution is 2.77. The summed E-state index contributed by atoms with van der Waals surface area (Å²) in [5.74, 6) is 0. The molecule has 4 heteroatoms. The quantitative estimate of drug-likeness (QED) is 0.486. The molecule has 0 atom stereocenters. The van der Waals surface area contributed by atoms with Gasteiger partial charge in [-0.1, -0.05) is 50.5 Å². The summed E-state index contributed by atoms with van der Waals surface area (Å²) in [6.07, 6.45) is 0. The van der Waals surface area contributed by atoms with Gasteiger partial charge in [-0.15, -0.1) is 0 Å². The first-order chi connectivity index (χ1) is 5.15. The fourth-order valence-electron chi connectivity index (χ4n) is 1.44. The van der Waals surface area contributed by atoms with Gasteiger partial charge in [0.15, 0.2) is 0 Å². The van der Waals surface area contributed by atoms with Crippen molar-refractivity contribution in [2.75, 3.05) is 0 Å². The van der Waals surface area contributed by atoms with Gasteiger partial charge in [0, 0.05) is 7.27 Å². The predicted molar refractivity (Wildman–Crippen MR) is 66.5 cm³/mol. The van der Waals surface area contributed by atoms with Crippen LogP contribution in [0.2, 0.25) is 39.3 Å². The van der Waals surface area contributed by atoms with Crippen molar-refractivity contribution in [3.8, 4) is 0 Å².